The second-order valence-electron chi connectivity index (χ2n) is 7.55. The molecule has 0 radical (unpaired) electrons. The molecule has 1 saturated heterocycles. The van der Waals surface area contributed by atoms with Gasteiger partial charge in [0, 0.05) is 18.7 Å². The van der Waals surface area contributed by atoms with E-state index in [0.717, 1.165) is 37.0 Å². The maximum Gasteiger partial charge on any atom is 0.251 e. The van der Waals surface area contributed by atoms with Crippen LogP contribution in [0.25, 0.3) is 11.0 Å². The number of piperidine rings is 1. The second-order valence-corrected chi connectivity index (χ2v) is 7.55. The van der Waals surface area contributed by atoms with Crippen molar-refractivity contribution in [3.05, 3.63) is 66.0 Å². The fourth-order valence-electron chi connectivity index (χ4n) is 3.90. The first-order valence-electron chi connectivity index (χ1n) is 10.2. The van der Waals surface area contributed by atoms with E-state index in [2.05, 4.69) is 5.32 Å². The lowest BCUT2D eigenvalue weighted by Crippen LogP contribution is -2.38. The molecule has 6 nitrogen and oxygen atoms in total. The number of para-hydroxylation sites is 2. The third kappa shape index (κ3) is 4.16. The molecule has 0 saturated carbocycles. The Balaban J connectivity index is 1.60. The number of nitrogens with zero attached hydrogens (tertiary/aromatic N) is 3. The van der Waals surface area contributed by atoms with Gasteiger partial charge in [0.25, 0.3) is 5.91 Å². The normalized spacial score (nSPS) is 15.3. The van der Waals surface area contributed by atoms with E-state index in [1.54, 1.807) is 12.1 Å². The maximum atomic E-state index is 12.9. The average Bonchev–Trinajstić information content (AvgIpc) is 3.13. The number of imidazole rings is 1. The van der Waals surface area contributed by atoms with Crippen molar-refractivity contribution in [2.24, 2.45) is 0 Å². The van der Waals surface area contributed by atoms with Crippen LogP contribution in [0.3, 0.4) is 0 Å². The smallest absolute Gasteiger partial charge is 0.251 e. The summed E-state index contributed by atoms with van der Waals surface area (Å²) in [6.45, 7) is 3.79. The molecule has 150 valence electrons. The Morgan fingerprint density at radius 2 is 1.69 bits per heavy atom. The van der Waals surface area contributed by atoms with Crippen molar-refractivity contribution in [2.45, 2.75) is 38.8 Å². The van der Waals surface area contributed by atoms with Crippen molar-refractivity contribution >= 4 is 22.8 Å². The van der Waals surface area contributed by atoms with Gasteiger partial charge >= 0.3 is 0 Å². The van der Waals surface area contributed by atoms with Crippen molar-refractivity contribution in [2.75, 3.05) is 13.1 Å². The number of amides is 2. The lowest BCUT2D eigenvalue weighted by molar-refractivity contribution is -0.132. The zero-order valence-corrected chi connectivity index (χ0v) is 16.7. The molecular formula is C23H26N4O2. The van der Waals surface area contributed by atoms with Crippen molar-refractivity contribution in [1.29, 1.82) is 0 Å². The van der Waals surface area contributed by atoms with Gasteiger partial charge in [-0.05, 0) is 50.5 Å². The van der Waals surface area contributed by atoms with E-state index in [0.29, 0.717) is 11.4 Å². The van der Waals surface area contributed by atoms with Gasteiger partial charge in [-0.15, -0.1) is 0 Å². The van der Waals surface area contributed by atoms with Crippen LogP contribution >= 0.6 is 0 Å². The van der Waals surface area contributed by atoms with Gasteiger partial charge in [-0.1, -0.05) is 30.3 Å². The summed E-state index contributed by atoms with van der Waals surface area (Å²) in [5.74, 6) is 0.649. The number of benzene rings is 2. The predicted molar refractivity (Wildman–Crippen MR) is 112 cm³/mol. The van der Waals surface area contributed by atoms with Gasteiger partial charge in [0.2, 0.25) is 5.91 Å². The summed E-state index contributed by atoms with van der Waals surface area (Å²) in [7, 11) is 0. The topological polar surface area (TPSA) is 67.2 Å². The number of nitrogens with one attached hydrogen (secondary N) is 1. The summed E-state index contributed by atoms with van der Waals surface area (Å²) < 4.78 is 1.95. The first kappa shape index (κ1) is 19.2. The van der Waals surface area contributed by atoms with E-state index in [4.69, 9.17) is 4.98 Å². The van der Waals surface area contributed by atoms with Crippen LogP contribution in [0.15, 0.2) is 54.6 Å². The number of hydrogen-bond acceptors (Lipinski definition) is 3. The van der Waals surface area contributed by atoms with Gasteiger partial charge in [-0.2, -0.15) is 0 Å². The predicted octanol–water partition coefficient (Wildman–Crippen LogP) is 3.54. The summed E-state index contributed by atoms with van der Waals surface area (Å²) >= 11 is 0. The minimum Gasteiger partial charge on any atom is -0.342 e. The molecule has 2 aromatic carbocycles. The Bertz CT molecular complexity index is 1010. The van der Waals surface area contributed by atoms with Gasteiger partial charge in [0.15, 0.2) is 0 Å². The van der Waals surface area contributed by atoms with Crippen LogP contribution < -0.4 is 5.32 Å². The van der Waals surface area contributed by atoms with Crippen LogP contribution in [0.1, 0.15) is 48.4 Å². The molecule has 1 atom stereocenters. The highest BCUT2D eigenvalue weighted by Gasteiger charge is 2.23. The molecule has 1 aliphatic rings. The highest BCUT2D eigenvalue weighted by Crippen LogP contribution is 2.22. The monoisotopic (exact) mass is 390 g/mol. The van der Waals surface area contributed by atoms with Gasteiger partial charge in [0.05, 0.1) is 17.1 Å². The SMILES string of the molecule is CC(NC(=O)c1ccccc1)c1nc2ccccc2n1CC(=O)N1CCCCC1. The number of carbonyl (C=O) groups is 2. The Hall–Kier alpha value is -3.15. The molecular weight excluding hydrogens is 364 g/mol. The molecule has 1 aromatic heterocycles. The number of likely N-dealkylation sites (tertiary alicyclic amines) is 1. The molecule has 1 unspecified atom stereocenters. The van der Waals surface area contributed by atoms with Crippen LogP contribution in [-0.2, 0) is 11.3 Å². The van der Waals surface area contributed by atoms with Crippen LogP contribution in [0, 0.1) is 0 Å². The first-order chi connectivity index (χ1) is 14.1. The van der Waals surface area contributed by atoms with Gasteiger partial charge in [-0.25, -0.2) is 4.98 Å². The molecule has 0 aliphatic carbocycles. The number of aromatic nitrogens is 2. The fourth-order valence-corrected chi connectivity index (χ4v) is 3.90. The van der Waals surface area contributed by atoms with Crippen molar-refractivity contribution in [1.82, 2.24) is 19.8 Å². The maximum absolute atomic E-state index is 12.9. The molecule has 2 heterocycles. The van der Waals surface area contributed by atoms with Gasteiger partial charge in [-0.3, -0.25) is 9.59 Å². The van der Waals surface area contributed by atoms with E-state index >= 15 is 0 Å². The summed E-state index contributed by atoms with van der Waals surface area (Å²) in [5.41, 5.74) is 2.34. The zero-order chi connectivity index (χ0) is 20.2. The standard InChI is InChI=1S/C23H26N4O2/c1-17(24-23(29)18-10-4-2-5-11-18)22-25-19-12-6-7-13-20(19)27(22)16-21(28)26-14-8-3-9-15-26/h2,4-7,10-13,17H,3,8-9,14-16H2,1H3,(H,24,29). The van der Waals surface area contributed by atoms with Crippen LogP contribution in [0.4, 0.5) is 0 Å². The quantitative estimate of drug-likeness (QED) is 0.725. The highest BCUT2D eigenvalue weighted by atomic mass is 16.2. The fraction of sp³-hybridized carbons (Fsp3) is 0.348. The van der Waals surface area contributed by atoms with E-state index in [1.165, 1.54) is 6.42 Å². The molecule has 1 fully saturated rings. The molecule has 1 aliphatic heterocycles. The van der Waals surface area contributed by atoms with E-state index < -0.39 is 0 Å². The van der Waals surface area contributed by atoms with E-state index in [-0.39, 0.29) is 24.4 Å². The molecule has 0 bridgehead atoms. The van der Waals surface area contributed by atoms with Crippen LogP contribution in [-0.4, -0.2) is 39.4 Å². The van der Waals surface area contributed by atoms with Crippen LogP contribution in [0.5, 0.6) is 0 Å². The Morgan fingerprint density at radius 1 is 1.00 bits per heavy atom. The molecule has 6 heteroatoms. The summed E-state index contributed by atoms with van der Waals surface area (Å²) in [4.78, 5) is 32.2. The summed E-state index contributed by atoms with van der Waals surface area (Å²) in [6, 6.07) is 16.6. The third-order valence-electron chi connectivity index (χ3n) is 5.46. The molecule has 2 amide bonds. The molecule has 29 heavy (non-hydrogen) atoms. The second kappa shape index (κ2) is 8.47. The number of fused-ring (bicyclic) bond motifs is 1. The highest BCUT2D eigenvalue weighted by molar-refractivity contribution is 5.94. The molecule has 1 N–H and O–H groups in total. The number of rotatable bonds is 5. The van der Waals surface area contributed by atoms with Gasteiger partial charge < -0.3 is 14.8 Å². The Labute approximate surface area is 170 Å². The molecule has 0 spiro atoms. The minimum atomic E-state index is -0.329. The summed E-state index contributed by atoms with van der Waals surface area (Å²) in [6.07, 6.45) is 3.31. The van der Waals surface area contributed by atoms with E-state index in [9.17, 15) is 9.59 Å². The number of hydrogen-bond donors (Lipinski definition) is 1. The molecule has 4 rings (SSSR count). The van der Waals surface area contributed by atoms with Crippen molar-refractivity contribution in [3.63, 3.8) is 0 Å². The minimum absolute atomic E-state index is 0.107. The zero-order valence-electron chi connectivity index (χ0n) is 16.7. The third-order valence-corrected chi connectivity index (χ3v) is 5.46. The summed E-state index contributed by atoms with van der Waals surface area (Å²) in [5, 5.41) is 3.02. The van der Waals surface area contributed by atoms with Crippen molar-refractivity contribution < 1.29 is 9.59 Å². The van der Waals surface area contributed by atoms with Gasteiger partial charge in [0.1, 0.15) is 12.4 Å². The first-order valence-corrected chi connectivity index (χ1v) is 10.2. The van der Waals surface area contributed by atoms with Crippen LogP contribution in [0.2, 0.25) is 0 Å². The van der Waals surface area contributed by atoms with Crippen molar-refractivity contribution in [3.8, 4) is 0 Å². The number of carbonyl (C=O) groups excluding carboxylic acids is 2. The largest absolute Gasteiger partial charge is 0.342 e. The Kier molecular flexibility index (Phi) is 5.60. The Morgan fingerprint density at radius 3 is 2.45 bits per heavy atom. The van der Waals surface area contributed by atoms with E-state index in [1.807, 2.05) is 58.9 Å². The lowest BCUT2D eigenvalue weighted by Gasteiger charge is -2.27. The lowest BCUT2D eigenvalue weighted by atomic mass is 10.1. The average molecular weight is 390 g/mol. The molecule has 3 aromatic rings.